The highest BCUT2D eigenvalue weighted by Crippen LogP contribution is 2.41. The van der Waals surface area contributed by atoms with Gasteiger partial charge in [0.1, 0.15) is 12.4 Å². The fourth-order valence-electron chi connectivity index (χ4n) is 4.51. The molecule has 2 aromatic rings. The third-order valence-corrected chi connectivity index (χ3v) is 7.10. The summed E-state index contributed by atoms with van der Waals surface area (Å²) in [6, 6.07) is 3.90. The summed E-state index contributed by atoms with van der Waals surface area (Å²) in [6.07, 6.45) is 6.40. The second-order valence-electron chi connectivity index (χ2n) is 10.1. The summed E-state index contributed by atoms with van der Waals surface area (Å²) in [5.41, 5.74) is 2.67. The summed E-state index contributed by atoms with van der Waals surface area (Å²) in [5.74, 6) is 0.869. The summed E-state index contributed by atoms with van der Waals surface area (Å²) in [6.45, 7) is 12.9. The molecule has 0 fully saturated rings. The molecule has 1 aromatic heterocycles. The lowest BCUT2D eigenvalue weighted by Gasteiger charge is -2.33. The largest absolute Gasteiger partial charge is 0.489 e. The van der Waals surface area contributed by atoms with Crippen LogP contribution in [-0.4, -0.2) is 47.8 Å². The standard InChI is InChI=1S/C26H40N4O3.BrH/c1-8-26(9-2,32-7)10-11-29-12-13-30(24(29)27)18-22(31)19-16-20(25(3,4)5)23-21(17-19)28(6)14-15-33-23;/h12-13,16-17,27H,8-11,14-15,18H2,1-7H3;1H. The summed E-state index contributed by atoms with van der Waals surface area (Å²) in [4.78, 5) is 15.5. The van der Waals surface area contributed by atoms with E-state index in [0.717, 1.165) is 42.8 Å². The van der Waals surface area contributed by atoms with Crippen molar-refractivity contribution in [2.45, 2.75) is 78.0 Å². The highest BCUT2D eigenvalue weighted by Gasteiger charge is 2.28. The van der Waals surface area contributed by atoms with Crippen LogP contribution >= 0.6 is 17.0 Å². The van der Waals surface area contributed by atoms with Crippen molar-refractivity contribution in [3.05, 3.63) is 41.3 Å². The van der Waals surface area contributed by atoms with Crippen LogP contribution in [0.5, 0.6) is 5.75 Å². The Morgan fingerprint density at radius 3 is 2.38 bits per heavy atom. The van der Waals surface area contributed by atoms with E-state index in [4.69, 9.17) is 14.9 Å². The lowest BCUT2D eigenvalue weighted by Crippen LogP contribution is -2.34. The topological polar surface area (TPSA) is 72.5 Å². The SMILES string of the molecule is Br.CCC(CC)(CCn1ccn(CC(=O)c2cc3c(c(C(C)(C)C)c2)OCCN3C)c1=N)OC. The van der Waals surface area contributed by atoms with Gasteiger partial charge in [0, 0.05) is 44.2 Å². The van der Waals surface area contributed by atoms with Gasteiger partial charge in [-0.2, -0.15) is 0 Å². The van der Waals surface area contributed by atoms with Gasteiger partial charge >= 0.3 is 0 Å². The lowest BCUT2D eigenvalue weighted by atomic mass is 9.84. The minimum Gasteiger partial charge on any atom is -0.489 e. The molecule has 0 saturated carbocycles. The minimum absolute atomic E-state index is 0. The number of methoxy groups -OCH3 is 1. The van der Waals surface area contributed by atoms with Crippen LogP contribution in [0.1, 0.15) is 69.8 Å². The van der Waals surface area contributed by atoms with Gasteiger partial charge in [0.05, 0.1) is 24.4 Å². The van der Waals surface area contributed by atoms with E-state index < -0.39 is 0 Å². The Bertz CT molecular complexity index is 1040. The van der Waals surface area contributed by atoms with E-state index in [1.807, 2.05) is 36.1 Å². The number of ketones is 1. The van der Waals surface area contributed by atoms with Crippen molar-refractivity contribution in [2.24, 2.45) is 0 Å². The van der Waals surface area contributed by atoms with Crippen LogP contribution in [0.15, 0.2) is 24.5 Å². The molecule has 1 aliphatic heterocycles. The molecule has 0 atom stereocenters. The molecule has 0 unspecified atom stereocenters. The Labute approximate surface area is 214 Å². The predicted molar refractivity (Wildman–Crippen MR) is 142 cm³/mol. The first-order valence-electron chi connectivity index (χ1n) is 12.0. The van der Waals surface area contributed by atoms with Crippen molar-refractivity contribution in [1.82, 2.24) is 9.13 Å². The number of fused-ring (bicyclic) bond motifs is 1. The number of carbonyl (C=O) groups is 1. The zero-order valence-corrected chi connectivity index (χ0v) is 23.4. The van der Waals surface area contributed by atoms with Gasteiger partial charge in [-0.25, -0.2) is 0 Å². The van der Waals surface area contributed by atoms with Crippen LogP contribution in [0, 0.1) is 5.41 Å². The predicted octanol–water partition coefficient (Wildman–Crippen LogP) is 4.95. The number of anilines is 1. The molecule has 34 heavy (non-hydrogen) atoms. The molecule has 1 N–H and O–H groups in total. The van der Waals surface area contributed by atoms with Gasteiger partial charge in [0.25, 0.3) is 0 Å². The van der Waals surface area contributed by atoms with Crippen molar-refractivity contribution < 1.29 is 14.3 Å². The number of halogens is 1. The zero-order valence-electron chi connectivity index (χ0n) is 21.7. The number of imidazole rings is 1. The molecule has 3 rings (SSSR count). The minimum atomic E-state index is -0.169. The van der Waals surface area contributed by atoms with Crippen LogP contribution in [0.2, 0.25) is 0 Å². The Kier molecular flexibility index (Phi) is 9.22. The van der Waals surface area contributed by atoms with Gasteiger partial charge in [0.15, 0.2) is 5.78 Å². The lowest BCUT2D eigenvalue weighted by molar-refractivity contribution is -0.0270. The number of nitrogens with zero attached hydrogens (tertiary/aromatic N) is 3. The number of nitrogens with one attached hydrogen (secondary N) is 1. The van der Waals surface area contributed by atoms with E-state index in [1.165, 1.54) is 0 Å². The molecule has 0 bridgehead atoms. The molecule has 0 spiro atoms. The number of hydrogen-bond donors (Lipinski definition) is 1. The molecule has 8 heteroatoms. The monoisotopic (exact) mass is 536 g/mol. The highest BCUT2D eigenvalue weighted by atomic mass is 79.9. The van der Waals surface area contributed by atoms with Crippen LogP contribution in [0.25, 0.3) is 0 Å². The second kappa shape index (κ2) is 11.1. The average molecular weight is 538 g/mol. The van der Waals surface area contributed by atoms with E-state index in [0.29, 0.717) is 24.3 Å². The second-order valence-corrected chi connectivity index (χ2v) is 10.1. The van der Waals surface area contributed by atoms with Crippen molar-refractivity contribution in [3.63, 3.8) is 0 Å². The third kappa shape index (κ3) is 5.77. The fraction of sp³-hybridized carbons (Fsp3) is 0.615. The Morgan fingerprint density at radius 1 is 1.15 bits per heavy atom. The molecular formula is C26H41BrN4O3. The maximum atomic E-state index is 13.3. The molecule has 0 radical (unpaired) electrons. The molecule has 7 nitrogen and oxygen atoms in total. The first kappa shape index (κ1) is 28.2. The van der Waals surface area contributed by atoms with Crippen LogP contribution in [0.3, 0.4) is 0 Å². The van der Waals surface area contributed by atoms with Gasteiger partial charge in [-0.15, -0.1) is 17.0 Å². The number of hydrogen-bond acceptors (Lipinski definition) is 5. The van der Waals surface area contributed by atoms with Crippen molar-refractivity contribution in [3.8, 4) is 5.75 Å². The number of benzene rings is 1. The first-order chi connectivity index (χ1) is 15.5. The van der Waals surface area contributed by atoms with E-state index in [2.05, 4.69) is 39.5 Å². The molecule has 0 saturated heterocycles. The van der Waals surface area contributed by atoms with Gasteiger partial charge < -0.3 is 23.5 Å². The zero-order chi connectivity index (χ0) is 24.4. The Balaban J connectivity index is 0.00000408. The Hall–Kier alpha value is -2.06. The van der Waals surface area contributed by atoms with Gasteiger partial charge in [-0.3, -0.25) is 10.2 Å². The third-order valence-electron chi connectivity index (χ3n) is 7.10. The average Bonchev–Trinajstić information content (AvgIpc) is 3.13. The van der Waals surface area contributed by atoms with Gasteiger partial charge in [-0.1, -0.05) is 34.6 Å². The Morgan fingerprint density at radius 2 is 1.79 bits per heavy atom. The number of aryl methyl sites for hydroxylation is 1. The number of likely N-dealkylation sites (N-methyl/N-ethyl adjacent to an activating group) is 1. The fourth-order valence-corrected chi connectivity index (χ4v) is 4.51. The summed E-state index contributed by atoms with van der Waals surface area (Å²) in [7, 11) is 3.79. The molecule has 0 amide bonds. The maximum Gasteiger partial charge on any atom is 0.202 e. The number of rotatable bonds is 9. The molecule has 1 aromatic carbocycles. The van der Waals surface area contributed by atoms with Crippen LogP contribution in [0.4, 0.5) is 5.69 Å². The number of aromatic nitrogens is 2. The van der Waals surface area contributed by atoms with Crippen molar-refractivity contribution >= 4 is 28.5 Å². The van der Waals surface area contributed by atoms with Crippen LogP contribution < -0.4 is 15.3 Å². The van der Waals surface area contributed by atoms with Crippen LogP contribution in [-0.2, 0) is 23.2 Å². The summed E-state index contributed by atoms with van der Waals surface area (Å²) in [5, 5.41) is 8.59. The molecule has 1 aliphatic rings. The van der Waals surface area contributed by atoms with E-state index in [9.17, 15) is 4.79 Å². The van der Waals surface area contributed by atoms with Gasteiger partial charge in [0.2, 0.25) is 5.62 Å². The van der Waals surface area contributed by atoms with Crippen molar-refractivity contribution in [2.75, 3.05) is 32.2 Å². The summed E-state index contributed by atoms with van der Waals surface area (Å²) < 4.78 is 15.4. The van der Waals surface area contributed by atoms with Crippen molar-refractivity contribution in [1.29, 1.82) is 5.41 Å². The molecule has 2 heterocycles. The maximum absolute atomic E-state index is 13.3. The normalized spacial score (nSPS) is 13.8. The molecular weight excluding hydrogens is 496 g/mol. The first-order valence-corrected chi connectivity index (χ1v) is 12.0. The highest BCUT2D eigenvalue weighted by molar-refractivity contribution is 8.93. The molecule has 190 valence electrons. The number of ether oxygens (including phenoxy) is 2. The van der Waals surface area contributed by atoms with E-state index in [1.54, 1.807) is 11.7 Å². The van der Waals surface area contributed by atoms with E-state index >= 15 is 0 Å². The number of carbonyl (C=O) groups excluding carboxylic acids is 1. The van der Waals surface area contributed by atoms with E-state index in [-0.39, 0.29) is 40.3 Å². The quantitative estimate of drug-likeness (QED) is 0.460. The van der Waals surface area contributed by atoms with Gasteiger partial charge in [-0.05, 0) is 36.8 Å². The molecule has 0 aliphatic carbocycles. The smallest absolute Gasteiger partial charge is 0.202 e. The summed E-state index contributed by atoms with van der Waals surface area (Å²) >= 11 is 0. The number of Topliss-reactive ketones (excluding diaryl/α,β-unsaturated/α-hetero) is 1.